The summed E-state index contributed by atoms with van der Waals surface area (Å²) in [5.41, 5.74) is 3.32. The minimum Gasteiger partial charge on any atom is -0.499 e. The fourth-order valence-corrected chi connectivity index (χ4v) is 6.65. The highest BCUT2D eigenvalue weighted by molar-refractivity contribution is 5.89. The fourth-order valence-electron chi connectivity index (χ4n) is 6.65. The molecule has 0 amide bonds. The Balaban J connectivity index is 1.53. The van der Waals surface area contributed by atoms with Crippen LogP contribution in [0.1, 0.15) is 121 Å². The van der Waals surface area contributed by atoms with Gasteiger partial charge in [0.2, 0.25) is 5.76 Å². The van der Waals surface area contributed by atoms with Crippen molar-refractivity contribution in [2.24, 2.45) is 17.8 Å². The molecule has 0 saturated carbocycles. The van der Waals surface area contributed by atoms with Crippen molar-refractivity contribution >= 4 is 11.9 Å². The lowest BCUT2D eigenvalue weighted by atomic mass is 9.83. The monoisotopic (exact) mass is 646 g/mol. The predicted octanol–water partition coefficient (Wildman–Crippen LogP) is 7.10. The van der Waals surface area contributed by atoms with Gasteiger partial charge in [-0.05, 0) is 87.8 Å². The third-order valence-corrected chi connectivity index (χ3v) is 9.86. The number of rotatable bonds is 18. The Kier molecular flexibility index (Phi) is 13.8. The molecule has 9 heteroatoms. The van der Waals surface area contributed by atoms with Crippen LogP contribution in [-0.4, -0.2) is 58.3 Å². The summed E-state index contributed by atoms with van der Waals surface area (Å²) in [5, 5.41) is 29.1. The number of hydrogen-bond acceptors (Lipinski definition) is 9. The molecule has 0 fully saturated rings. The molecule has 0 spiro atoms. The first-order chi connectivity index (χ1) is 21.7. The number of benzene rings is 1. The first kappa shape index (κ1) is 37.7. The predicted molar refractivity (Wildman–Crippen MR) is 177 cm³/mol. The number of aliphatic hydroxyl groups is 3. The van der Waals surface area contributed by atoms with Crippen LogP contribution in [0.5, 0.6) is 11.5 Å². The average molecular weight is 647 g/mol. The standard InChI is InChI=1S/C37H58O9/c1-22(2)12-9-13-23(3)14-10-15-24(4)16-11-18-37(8)19-17-28-27(7)32(25(5)26(6)33(28)46-37)44-30(40)21-43-35-31(41)36(42)45-34(35)29(39)20-38/h22-24,29,34,38-39,41H,9-21H2,1-8H3. The zero-order valence-corrected chi connectivity index (χ0v) is 29.4. The molecule has 0 bridgehead atoms. The molecule has 46 heavy (non-hydrogen) atoms. The zero-order valence-electron chi connectivity index (χ0n) is 29.4. The van der Waals surface area contributed by atoms with Gasteiger partial charge in [-0.1, -0.05) is 72.6 Å². The Labute approximate surface area is 275 Å². The molecular formula is C37H58O9. The van der Waals surface area contributed by atoms with Crippen LogP contribution in [-0.2, 0) is 25.5 Å². The van der Waals surface area contributed by atoms with Crippen molar-refractivity contribution in [3.63, 3.8) is 0 Å². The van der Waals surface area contributed by atoms with Crippen molar-refractivity contribution in [3.05, 3.63) is 33.8 Å². The van der Waals surface area contributed by atoms with Crippen LogP contribution in [0.2, 0.25) is 0 Å². The number of esters is 2. The lowest BCUT2D eigenvalue weighted by Crippen LogP contribution is -2.37. The summed E-state index contributed by atoms with van der Waals surface area (Å²) in [6.07, 6.45) is 10.0. The smallest absolute Gasteiger partial charge is 0.378 e. The summed E-state index contributed by atoms with van der Waals surface area (Å²) in [6.45, 7) is 16.0. The molecule has 2 aliphatic heterocycles. The van der Waals surface area contributed by atoms with Gasteiger partial charge in [0.05, 0.1) is 6.61 Å². The van der Waals surface area contributed by atoms with Crippen LogP contribution in [0.4, 0.5) is 0 Å². The molecule has 0 saturated heterocycles. The van der Waals surface area contributed by atoms with Gasteiger partial charge in [0, 0.05) is 5.56 Å². The first-order valence-corrected chi connectivity index (χ1v) is 17.3. The Bertz CT molecular complexity index is 1240. The van der Waals surface area contributed by atoms with Gasteiger partial charge in [-0.3, -0.25) is 0 Å². The summed E-state index contributed by atoms with van der Waals surface area (Å²) in [6, 6.07) is 0. The Hall–Kier alpha value is -2.78. The van der Waals surface area contributed by atoms with Gasteiger partial charge in [-0.15, -0.1) is 0 Å². The third kappa shape index (κ3) is 9.86. The van der Waals surface area contributed by atoms with Crippen LogP contribution in [0, 0.1) is 38.5 Å². The minimum absolute atomic E-state index is 0.250. The van der Waals surface area contributed by atoms with E-state index in [-0.39, 0.29) is 5.60 Å². The van der Waals surface area contributed by atoms with E-state index in [0.29, 0.717) is 11.7 Å². The third-order valence-electron chi connectivity index (χ3n) is 9.86. The molecule has 260 valence electrons. The molecule has 3 rings (SSSR count). The molecule has 1 aromatic carbocycles. The molecule has 9 nitrogen and oxygen atoms in total. The number of hydrogen-bond donors (Lipinski definition) is 3. The number of cyclic esters (lactones) is 1. The lowest BCUT2D eigenvalue weighted by Gasteiger charge is -2.38. The highest BCUT2D eigenvalue weighted by Crippen LogP contribution is 2.45. The van der Waals surface area contributed by atoms with E-state index in [1.807, 2.05) is 20.8 Å². The van der Waals surface area contributed by atoms with E-state index < -0.39 is 48.9 Å². The maximum absolute atomic E-state index is 12.8. The molecular weight excluding hydrogens is 588 g/mol. The topological polar surface area (TPSA) is 132 Å². The molecule has 1 aromatic rings. The minimum atomic E-state index is -1.51. The van der Waals surface area contributed by atoms with Crippen LogP contribution in [0.15, 0.2) is 11.5 Å². The van der Waals surface area contributed by atoms with Crippen molar-refractivity contribution < 1.29 is 43.9 Å². The number of fused-ring (bicyclic) bond motifs is 1. The molecule has 5 unspecified atom stereocenters. The summed E-state index contributed by atoms with van der Waals surface area (Å²) < 4.78 is 22.6. The van der Waals surface area contributed by atoms with E-state index >= 15 is 0 Å². The Morgan fingerprint density at radius 1 is 0.957 bits per heavy atom. The molecule has 3 N–H and O–H groups in total. The number of carbonyl (C=O) groups excluding carboxylic acids is 2. The molecule has 0 aliphatic carbocycles. The van der Waals surface area contributed by atoms with Gasteiger partial charge in [0.25, 0.3) is 0 Å². The highest BCUT2D eigenvalue weighted by atomic mass is 16.6. The highest BCUT2D eigenvalue weighted by Gasteiger charge is 2.41. The van der Waals surface area contributed by atoms with Crippen LogP contribution < -0.4 is 9.47 Å². The summed E-state index contributed by atoms with van der Waals surface area (Å²) in [5.74, 6) is 0.515. The second kappa shape index (κ2) is 16.9. The molecule has 0 radical (unpaired) electrons. The second-order valence-electron chi connectivity index (χ2n) is 14.5. The van der Waals surface area contributed by atoms with Gasteiger partial charge in [-0.2, -0.15) is 0 Å². The molecule has 5 atom stereocenters. The van der Waals surface area contributed by atoms with E-state index in [0.717, 1.165) is 65.5 Å². The van der Waals surface area contributed by atoms with E-state index in [1.165, 1.54) is 44.9 Å². The summed E-state index contributed by atoms with van der Waals surface area (Å²) >= 11 is 0. The molecule has 0 aromatic heterocycles. The number of carbonyl (C=O) groups is 2. The first-order valence-electron chi connectivity index (χ1n) is 17.3. The quantitative estimate of drug-likeness (QED) is 0.113. The normalized spacial score (nSPS) is 21.5. The fraction of sp³-hybridized carbons (Fsp3) is 0.730. The van der Waals surface area contributed by atoms with Gasteiger partial charge in [0.1, 0.15) is 23.2 Å². The largest absolute Gasteiger partial charge is 0.499 e. The number of ether oxygens (including phenoxy) is 4. The van der Waals surface area contributed by atoms with Gasteiger partial charge >= 0.3 is 11.9 Å². The maximum Gasteiger partial charge on any atom is 0.378 e. The van der Waals surface area contributed by atoms with Crippen molar-refractivity contribution in [3.8, 4) is 11.5 Å². The van der Waals surface area contributed by atoms with Gasteiger partial charge < -0.3 is 34.3 Å². The van der Waals surface area contributed by atoms with Gasteiger partial charge in [-0.25, -0.2) is 9.59 Å². The van der Waals surface area contributed by atoms with Gasteiger partial charge in [0.15, 0.2) is 18.5 Å². The van der Waals surface area contributed by atoms with Crippen molar-refractivity contribution in [1.29, 1.82) is 0 Å². The van der Waals surface area contributed by atoms with Crippen molar-refractivity contribution in [2.45, 2.75) is 144 Å². The van der Waals surface area contributed by atoms with Crippen LogP contribution in [0.3, 0.4) is 0 Å². The molecule has 2 aliphatic rings. The Morgan fingerprint density at radius 3 is 2.17 bits per heavy atom. The van der Waals surface area contributed by atoms with E-state index in [1.54, 1.807) is 0 Å². The SMILES string of the molecule is Cc1c(C)c2c(c(C)c1OC(=O)COC1=C(O)C(=O)OC1C(O)CO)CCC(C)(CCCC(C)CCCC(C)CCCC(C)C)O2. The summed E-state index contributed by atoms with van der Waals surface area (Å²) in [7, 11) is 0. The zero-order chi connectivity index (χ0) is 34.2. The van der Waals surface area contributed by atoms with E-state index in [4.69, 9.17) is 18.9 Å². The second-order valence-corrected chi connectivity index (χ2v) is 14.5. The Morgan fingerprint density at radius 2 is 1.57 bits per heavy atom. The summed E-state index contributed by atoms with van der Waals surface area (Å²) in [4.78, 5) is 24.5. The van der Waals surface area contributed by atoms with E-state index in [2.05, 4.69) is 34.6 Å². The number of aliphatic hydroxyl groups excluding tert-OH is 3. The van der Waals surface area contributed by atoms with Crippen LogP contribution >= 0.6 is 0 Å². The van der Waals surface area contributed by atoms with Crippen molar-refractivity contribution in [1.82, 2.24) is 0 Å². The van der Waals surface area contributed by atoms with Crippen LogP contribution in [0.25, 0.3) is 0 Å². The average Bonchev–Trinajstić information content (AvgIpc) is 3.29. The maximum atomic E-state index is 12.8. The van der Waals surface area contributed by atoms with Crippen molar-refractivity contribution in [2.75, 3.05) is 13.2 Å². The lowest BCUT2D eigenvalue weighted by molar-refractivity contribution is -0.148. The molecule has 2 heterocycles. The van der Waals surface area contributed by atoms with E-state index in [9.17, 15) is 24.9 Å².